The van der Waals surface area contributed by atoms with Crippen LogP contribution in [0.1, 0.15) is 42.8 Å². The maximum atomic E-state index is 14.6. The van der Waals surface area contributed by atoms with Crippen LogP contribution >= 0.6 is 23.2 Å². The summed E-state index contributed by atoms with van der Waals surface area (Å²) in [5.41, 5.74) is 8.36. The molecule has 3 N–H and O–H groups in total. The maximum Gasteiger partial charge on any atom is 0.253 e. The van der Waals surface area contributed by atoms with Crippen LogP contribution in [0.3, 0.4) is 0 Å². The molecule has 1 fully saturated rings. The second kappa shape index (κ2) is 10.4. The highest BCUT2D eigenvalue weighted by Gasteiger charge is 2.25. The zero-order valence-corrected chi connectivity index (χ0v) is 21.2. The molecule has 0 bridgehead atoms. The standard InChI is InChI=1S/C26H27Cl2FN4O2/c1-14-12-33(13-15(2)32-14)26(34)18-6-4-17(5-7-18)19-10-22(25(30)31-11-19)35-16(3)23-20(27)8-9-21(28)24(23)29/h4-11,14-16,32H,12-13H2,1-3H3,(H2,30,31)/t14-,15+,16?. The number of nitrogens with one attached hydrogen (secondary N) is 1. The Labute approximate surface area is 214 Å². The number of nitrogens with zero attached hydrogens (tertiary/aromatic N) is 2. The average molecular weight is 517 g/mol. The molecule has 2 heterocycles. The third-order valence-corrected chi connectivity index (χ3v) is 6.60. The zero-order chi connectivity index (χ0) is 25.3. The number of benzene rings is 2. The molecule has 35 heavy (non-hydrogen) atoms. The molecule has 2 aromatic carbocycles. The number of amides is 1. The topological polar surface area (TPSA) is 80.5 Å². The van der Waals surface area contributed by atoms with Gasteiger partial charge in [0.05, 0.1) is 10.0 Å². The molecule has 1 aliphatic rings. The van der Waals surface area contributed by atoms with Crippen molar-refractivity contribution in [3.8, 4) is 16.9 Å². The molecule has 0 aliphatic carbocycles. The molecule has 1 aromatic heterocycles. The molecule has 9 heteroatoms. The monoisotopic (exact) mass is 516 g/mol. The molecule has 3 aromatic rings. The smallest absolute Gasteiger partial charge is 0.253 e. The zero-order valence-electron chi connectivity index (χ0n) is 19.7. The van der Waals surface area contributed by atoms with Gasteiger partial charge < -0.3 is 20.7 Å². The van der Waals surface area contributed by atoms with Gasteiger partial charge >= 0.3 is 0 Å². The normalized spacial score (nSPS) is 18.9. The number of hydrogen-bond donors (Lipinski definition) is 2. The molecule has 184 valence electrons. The van der Waals surface area contributed by atoms with Crippen molar-refractivity contribution in [2.24, 2.45) is 0 Å². The van der Waals surface area contributed by atoms with Crippen LogP contribution in [0, 0.1) is 5.82 Å². The lowest BCUT2D eigenvalue weighted by Crippen LogP contribution is -2.55. The Balaban J connectivity index is 1.54. The van der Waals surface area contributed by atoms with Crippen LogP contribution in [0.15, 0.2) is 48.7 Å². The first kappa shape index (κ1) is 25.2. The van der Waals surface area contributed by atoms with E-state index >= 15 is 0 Å². The van der Waals surface area contributed by atoms with Crippen LogP contribution in [0.4, 0.5) is 10.2 Å². The Morgan fingerprint density at radius 3 is 2.40 bits per heavy atom. The van der Waals surface area contributed by atoms with Gasteiger partial charge in [0.25, 0.3) is 5.91 Å². The minimum atomic E-state index is -0.760. The number of hydrogen-bond acceptors (Lipinski definition) is 5. The number of aromatic nitrogens is 1. The van der Waals surface area contributed by atoms with Gasteiger partial charge in [-0.1, -0.05) is 35.3 Å². The predicted octanol–water partition coefficient (Wildman–Crippen LogP) is 5.74. The van der Waals surface area contributed by atoms with Crippen molar-refractivity contribution in [1.29, 1.82) is 0 Å². The van der Waals surface area contributed by atoms with Gasteiger partial charge in [-0.15, -0.1) is 0 Å². The number of anilines is 1. The minimum Gasteiger partial charge on any atom is -0.482 e. The molecule has 1 aliphatic heterocycles. The van der Waals surface area contributed by atoms with Crippen molar-refractivity contribution in [2.45, 2.75) is 39.0 Å². The largest absolute Gasteiger partial charge is 0.482 e. The summed E-state index contributed by atoms with van der Waals surface area (Å²) >= 11 is 12.1. The number of nitrogen functional groups attached to an aromatic ring is 1. The number of piperazine rings is 1. The van der Waals surface area contributed by atoms with Crippen LogP contribution in [-0.2, 0) is 0 Å². The first-order chi connectivity index (χ1) is 16.6. The molecule has 6 nitrogen and oxygen atoms in total. The molecule has 0 saturated carbocycles. The summed E-state index contributed by atoms with van der Waals surface area (Å²) in [5.74, 6) is -0.185. The quantitative estimate of drug-likeness (QED) is 0.422. The van der Waals surface area contributed by atoms with Crippen LogP contribution in [-0.4, -0.2) is 41.0 Å². The van der Waals surface area contributed by atoms with Gasteiger partial charge in [0, 0.05) is 48.1 Å². The van der Waals surface area contributed by atoms with E-state index < -0.39 is 11.9 Å². The van der Waals surface area contributed by atoms with Gasteiger partial charge in [-0.2, -0.15) is 0 Å². The molecule has 0 radical (unpaired) electrons. The first-order valence-electron chi connectivity index (χ1n) is 11.4. The highest BCUT2D eigenvalue weighted by Crippen LogP contribution is 2.35. The molecule has 1 unspecified atom stereocenters. The van der Waals surface area contributed by atoms with E-state index in [4.69, 9.17) is 33.7 Å². The van der Waals surface area contributed by atoms with Crippen molar-refractivity contribution >= 4 is 34.9 Å². The third-order valence-electron chi connectivity index (χ3n) is 5.98. The number of carbonyl (C=O) groups excluding carboxylic acids is 1. The average Bonchev–Trinajstić information content (AvgIpc) is 2.82. The number of carbonyl (C=O) groups is 1. The SMILES string of the molecule is CC(Oc1cc(-c2ccc(C(=O)N3C[C@@H](C)N[C@@H](C)C3)cc2)cnc1N)c1c(Cl)ccc(Cl)c1F. The van der Waals surface area contributed by atoms with Crippen LogP contribution < -0.4 is 15.8 Å². The highest BCUT2D eigenvalue weighted by atomic mass is 35.5. The fourth-order valence-corrected chi connectivity index (χ4v) is 4.82. The van der Waals surface area contributed by atoms with Gasteiger partial charge in [0.15, 0.2) is 11.6 Å². The molecule has 0 spiro atoms. The van der Waals surface area contributed by atoms with Gasteiger partial charge in [-0.05, 0) is 56.7 Å². The fraction of sp³-hybridized carbons (Fsp3) is 0.308. The van der Waals surface area contributed by atoms with Gasteiger partial charge in [0.2, 0.25) is 0 Å². The van der Waals surface area contributed by atoms with E-state index in [0.29, 0.717) is 18.7 Å². The molecule has 3 atom stereocenters. The summed E-state index contributed by atoms with van der Waals surface area (Å²) < 4.78 is 20.5. The summed E-state index contributed by atoms with van der Waals surface area (Å²) in [5, 5.41) is 3.59. The number of halogens is 3. The summed E-state index contributed by atoms with van der Waals surface area (Å²) in [6.45, 7) is 7.14. The van der Waals surface area contributed by atoms with E-state index in [0.717, 1.165) is 11.1 Å². The van der Waals surface area contributed by atoms with Crippen LogP contribution in [0.2, 0.25) is 10.0 Å². The second-order valence-electron chi connectivity index (χ2n) is 8.88. The lowest BCUT2D eigenvalue weighted by molar-refractivity contribution is 0.0674. The van der Waals surface area contributed by atoms with Gasteiger partial charge in [0.1, 0.15) is 11.9 Å². The third kappa shape index (κ3) is 5.53. The van der Waals surface area contributed by atoms with E-state index in [1.54, 1.807) is 31.3 Å². The van der Waals surface area contributed by atoms with Gasteiger partial charge in [-0.3, -0.25) is 4.79 Å². The molecular weight excluding hydrogens is 490 g/mol. The Hall–Kier alpha value is -2.87. The summed E-state index contributed by atoms with van der Waals surface area (Å²) in [4.78, 5) is 19.1. The lowest BCUT2D eigenvalue weighted by Gasteiger charge is -2.36. The molecule has 1 saturated heterocycles. The van der Waals surface area contributed by atoms with E-state index in [1.807, 2.05) is 17.0 Å². The number of ether oxygens (including phenoxy) is 1. The Kier molecular flexibility index (Phi) is 7.50. The van der Waals surface area contributed by atoms with E-state index in [2.05, 4.69) is 24.1 Å². The van der Waals surface area contributed by atoms with Crippen molar-refractivity contribution in [3.05, 3.63) is 75.7 Å². The van der Waals surface area contributed by atoms with E-state index in [1.165, 1.54) is 12.1 Å². The molecule has 1 amide bonds. The van der Waals surface area contributed by atoms with Crippen molar-refractivity contribution in [2.75, 3.05) is 18.8 Å². The first-order valence-corrected chi connectivity index (χ1v) is 12.1. The predicted molar refractivity (Wildman–Crippen MR) is 138 cm³/mol. The number of rotatable bonds is 5. The highest BCUT2D eigenvalue weighted by molar-refractivity contribution is 6.33. The van der Waals surface area contributed by atoms with Gasteiger partial charge in [-0.25, -0.2) is 9.37 Å². The van der Waals surface area contributed by atoms with E-state index in [9.17, 15) is 9.18 Å². The maximum absolute atomic E-state index is 14.6. The summed E-state index contributed by atoms with van der Waals surface area (Å²) in [7, 11) is 0. The fourth-order valence-electron chi connectivity index (χ4n) is 4.35. The van der Waals surface area contributed by atoms with Crippen molar-refractivity contribution in [3.63, 3.8) is 0 Å². The number of nitrogens with two attached hydrogens (primary N) is 1. The minimum absolute atomic E-state index is 0.00505. The lowest BCUT2D eigenvalue weighted by atomic mass is 10.0. The molecular formula is C26H27Cl2FN4O2. The number of pyridine rings is 1. The molecule has 4 rings (SSSR count). The van der Waals surface area contributed by atoms with Crippen LogP contribution in [0.25, 0.3) is 11.1 Å². The summed E-state index contributed by atoms with van der Waals surface area (Å²) in [6, 6.07) is 12.5. The summed E-state index contributed by atoms with van der Waals surface area (Å²) in [6.07, 6.45) is 0.861. The Bertz CT molecular complexity index is 1230. The Morgan fingerprint density at radius 1 is 1.11 bits per heavy atom. The van der Waals surface area contributed by atoms with Crippen molar-refractivity contribution < 1.29 is 13.9 Å². The van der Waals surface area contributed by atoms with Crippen LogP contribution in [0.5, 0.6) is 5.75 Å². The van der Waals surface area contributed by atoms with Crippen molar-refractivity contribution in [1.82, 2.24) is 15.2 Å². The van der Waals surface area contributed by atoms with E-state index in [-0.39, 0.29) is 45.2 Å². The Morgan fingerprint density at radius 2 is 1.74 bits per heavy atom. The second-order valence-corrected chi connectivity index (χ2v) is 9.69.